The Labute approximate surface area is 183 Å². The molecule has 4 aromatic carbocycles. The second kappa shape index (κ2) is 8.08. The van der Waals surface area contributed by atoms with Crippen molar-refractivity contribution in [1.82, 2.24) is 4.98 Å². The Morgan fingerprint density at radius 1 is 0.548 bits per heavy atom. The molecule has 0 saturated heterocycles. The smallest absolute Gasteiger partial charge is 0.139 e. The first-order valence-corrected chi connectivity index (χ1v) is 10.6. The van der Waals surface area contributed by atoms with Gasteiger partial charge in [-0.3, -0.25) is 0 Å². The van der Waals surface area contributed by atoms with Crippen LogP contribution in [0.25, 0.3) is 33.2 Å². The zero-order valence-corrected chi connectivity index (χ0v) is 17.8. The number of para-hydroxylation sites is 1. The summed E-state index contributed by atoms with van der Waals surface area (Å²) in [5.41, 5.74) is 7.96. The van der Waals surface area contributed by atoms with Crippen molar-refractivity contribution >= 4 is 22.3 Å². The first kappa shape index (κ1) is 19.1. The van der Waals surface area contributed by atoms with Crippen molar-refractivity contribution in [2.24, 2.45) is 0 Å². The lowest BCUT2D eigenvalue weighted by atomic mass is 9.93. The normalized spacial score (nSPS) is 10.9. The third-order valence-corrected chi connectivity index (χ3v) is 5.61. The summed E-state index contributed by atoms with van der Waals surface area (Å²) in [6, 6.07) is 36.1. The van der Waals surface area contributed by atoms with E-state index in [1.807, 2.05) is 18.2 Å². The molecule has 0 amide bonds. The van der Waals surface area contributed by atoms with E-state index in [1.54, 1.807) is 0 Å². The molecule has 1 aromatic heterocycles. The van der Waals surface area contributed by atoms with Crippen molar-refractivity contribution in [3.63, 3.8) is 0 Å². The van der Waals surface area contributed by atoms with Crippen LogP contribution in [0.5, 0.6) is 0 Å². The van der Waals surface area contributed by atoms with Crippen LogP contribution in [0.15, 0.2) is 103 Å². The van der Waals surface area contributed by atoms with E-state index in [-0.39, 0.29) is 0 Å². The zero-order valence-electron chi connectivity index (χ0n) is 17.8. The van der Waals surface area contributed by atoms with Gasteiger partial charge >= 0.3 is 0 Å². The lowest BCUT2D eigenvalue weighted by Gasteiger charge is -2.18. The minimum absolute atomic E-state index is 0.869. The van der Waals surface area contributed by atoms with E-state index in [9.17, 15) is 0 Å². The summed E-state index contributed by atoms with van der Waals surface area (Å²) in [7, 11) is 0. The number of hydrogen-bond donors (Lipinski definition) is 1. The van der Waals surface area contributed by atoms with Crippen molar-refractivity contribution in [3.05, 3.63) is 114 Å². The lowest BCUT2D eigenvalue weighted by molar-refractivity contribution is 1.33. The molecule has 150 valence electrons. The summed E-state index contributed by atoms with van der Waals surface area (Å²) in [4.78, 5) is 5.18. The topological polar surface area (TPSA) is 24.9 Å². The summed E-state index contributed by atoms with van der Waals surface area (Å²) < 4.78 is 0. The minimum atomic E-state index is 0.869. The number of pyridine rings is 1. The molecule has 5 aromatic rings. The van der Waals surface area contributed by atoms with Crippen LogP contribution in [0.3, 0.4) is 0 Å². The minimum Gasteiger partial charge on any atom is -0.340 e. The van der Waals surface area contributed by atoms with Gasteiger partial charge in [0.15, 0.2) is 0 Å². The number of aromatic nitrogens is 1. The Bertz CT molecular complexity index is 1340. The first-order valence-electron chi connectivity index (χ1n) is 10.6. The van der Waals surface area contributed by atoms with Gasteiger partial charge in [0.05, 0.1) is 5.69 Å². The Kier molecular flexibility index (Phi) is 4.97. The molecule has 2 nitrogen and oxygen atoms in total. The molecule has 0 saturated carbocycles. The molecule has 5 rings (SSSR count). The van der Waals surface area contributed by atoms with Crippen LogP contribution in [0, 0.1) is 13.8 Å². The van der Waals surface area contributed by atoms with E-state index in [4.69, 9.17) is 4.98 Å². The molecule has 0 aliphatic carbocycles. The quantitative estimate of drug-likeness (QED) is 0.331. The Hall–Kier alpha value is -3.91. The summed E-state index contributed by atoms with van der Waals surface area (Å²) in [6.45, 7) is 4.23. The van der Waals surface area contributed by atoms with Crippen LogP contribution in [-0.2, 0) is 0 Å². The highest BCUT2D eigenvalue weighted by Crippen LogP contribution is 2.40. The molecular formula is C29H24N2. The van der Waals surface area contributed by atoms with Crippen LogP contribution < -0.4 is 5.32 Å². The van der Waals surface area contributed by atoms with Gasteiger partial charge in [0.2, 0.25) is 0 Å². The van der Waals surface area contributed by atoms with Crippen molar-refractivity contribution in [2.45, 2.75) is 13.8 Å². The van der Waals surface area contributed by atoms with Gasteiger partial charge in [-0.15, -0.1) is 0 Å². The van der Waals surface area contributed by atoms with Crippen molar-refractivity contribution in [3.8, 4) is 22.4 Å². The first-order chi connectivity index (χ1) is 15.2. The largest absolute Gasteiger partial charge is 0.340 e. The molecule has 0 aliphatic heterocycles. The average Bonchev–Trinajstić information content (AvgIpc) is 2.81. The van der Waals surface area contributed by atoms with Crippen LogP contribution in [-0.4, -0.2) is 4.98 Å². The number of nitrogens with zero attached hydrogens (tertiary/aromatic N) is 1. The van der Waals surface area contributed by atoms with Gasteiger partial charge in [-0.05, 0) is 36.9 Å². The monoisotopic (exact) mass is 400 g/mol. The summed E-state index contributed by atoms with van der Waals surface area (Å²) >= 11 is 0. The van der Waals surface area contributed by atoms with Gasteiger partial charge in [0.1, 0.15) is 5.82 Å². The number of anilines is 2. The highest BCUT2D eigenvalue weighted by molar-refractivity contribution is 6.07. The predicted octanol–water partition coefficient (Wildman–Crippen LogP) is 7.93. The predicted molar refractivity (Wildman–Crippen MR) is 132 cm³/mol. The SMILES string of the molecule is Cc1ccc(-c2nc(Nc3ccccc3)c3ccccc3c2-c2ccc(C)cc2)cc1. The Balaban J connectivity index is 1.81. The van der Waals surface area contributed by atoms with Crippen molar-refractivity contribution in [2.75, 3.05) is 5.32 Å². The second-order valence-corrected chi connectivity index (χ2v) is 7.95. The van der Waals surface area contributed by atoms with Crippen LogP contribution in [0.2, 0.25) is 0 Å². The summed E-state index contributed by atoms with van der Waals surface area (Å²) in [5.74, 6) is 0.869. The summed E-state index contributed by atoms with van der Waals surface area (Å²) in [6.07, 6.45) is 0. The molecule has 0 bridgehead atoms. The van der Waals surface area contributed by atoms with Gasteiger partial charge in [0.25, 0.3) is 0 Å². The molecule has 0 spiro atoms. The number of fused-ring (bicyclic) bond motifs is 1. The van der Waals surface area contributed by atoms with Crippen LogP contribution in [0.4, 0.5) is 11.5 Å². The zero-order chi connectivity index (χ0) is 21.2. The highest BCUT2D eigenvalue weighted by Gasteiger charge is 2.17. The Morgan fingerprint density at radius 2 is 1.10 bits per heavy atom. The maximum Gasteiger partial charge on any atom is 0.139 e. The molecule has 0 radical (unpaired) electrons. The third kappa shape index (κ3) is 3.80. The maximum absolute atomic E-state index is 5.18. The molecule has 0 unspecified atom stereocenters. The van der Waals surface area contributed by atoms with Crippen molar-refractivity contribution in [1.29, 1.82) is 0 Å². The fraction of sp³-hybridized carbons (Fsp3) is 0.0690. The molecule has 0 aliphatic rings. The van der Waals surface area contributed by atoms with Gasteiger partial charge in [-0.25, -0.2) is 4.98 Å². The molecule has 0 atom stereocenters. The molecule has 1 heterocycles. The van der Waals surface area contributed by atoms with Crippen LogP contribution >= 0.6 is 0 Å². The fourth-order valence-electron chi connectivity index (χ4n) is 3.95. The van der Waals surface area contributed by atoms with Crippen molar-refractivity contribution < 1.29 is 0 Å². The fourth-order valence-corrected chi connectivity index (χ4v) is 3.95. The average molecular weight is 401 g/mol. The Morgan fingerprint density at radius 3 is 1.74 bits per heavy atom. The van der Waals surface area contributed by atoms with Gasteiger partial charge in [0, 0.05) is 22.2 Å². The van der Waals surface area contributed by atoms with Crippen LogP contribution in [0.1, 0.15) is 11.1 Å². The van der Waals surface area contributed by atoms with E-state index < -0.39 is 0 Å². The molecule has 2 heteroatoms. The number of nitrogens with one attached hydrogen (secondary N) is 1. The number of rotatable bonds is 4. The van der Waals surface area contributed by atoms with Gasteiger partial charge in [-0.2, -0.15) is 0 Å². The summed E-state index contributed by atoms with van der Waals surface area (Å²) in [5, 5.41) is 5.84. The lowest BCUT2D eigenvalue weighted by Crippen LogP contribution is -2.00. The number of benzene rings is 4. The highest BCUT2D eigenvalue weighted by atomic mass is 15.0. The molecule has 31 heavy (non-hydrogen) atoms. The molecular weight excluding hydrogens is 376 g/mol. The molecule has 1 N–H and O–H groups in total. The number of hydrogen-bond acceptors (Lipinski definition) is 2. The van der Waals surface area contributed by atoms with E-state index in [2.05, 4.69) is 104 Å². The van der Waals surface area contributed by atoms with E-state index >= 15 is 0 Å². The van der Waals surface area contributed by atoms with E-state index in [0.29, 0.717) is 0 Å². The standard InChI is InChI=1S/C29H24N2/c1-20-12-16-22(17-13-20)27-25-10-6-7-11-26(25)29(30-24-8-4-3-5-9-24)31-28(27)23-18-14-21(2)15-19-23/h3-19H,1-2H3,(H,30,31). The van der Waals surface area contributed by atoms with Gasteiger partial charge < -0.3 is 5.32 Å². The number of aryl methyl sites for hydroxylation is 2. The van der Waals surface area contributed by atoms with E-state index in [1.165, 1.54) is 22.1 Å². The maximum atomic E-state index is 5.18. The van der Waals surface area contributed by atoms with Gasteiger partial charge in [-0.1, -0.05) is 102 Å². The second-order valence-electron chi connectivity index (χ2n) is 7.95. The third-order valence-electron chi connectivity index (χ3n) is 5.61. The molecule has 0 fully saturated rings. The van der Waals surface area contributed by atoms with E-state index in [0.717, 1.165) is 33.7 Å².